The van der Waals surface area contributed by atoms with E-state index in [1.165, 1.54) is 11.1 Å². The summed E-state index contributed by atoms with van der Waals surface area (Å²) in [6.45, 7) is 4.87. The van der Waals surface area contributed by atoms with Crippen molar-refractivity contribution in [2.24, 2.45) is 5.92 Å². The molecular weight excluding hydrogens is 354 g/mol. The number of fused-ring (bicyclic) bond motifs is 1. The van der Waals surface area contributed by atoms with E-state index < -0.39 is 0 Å². The van der Waals surface area contributed by atoms with Gasteiger partial charge in [-0.2, -0.15) is 10.4 Å². The van der Waals surface area contributed by atoms with E-state index in [1.807, 2.05) is 6.92 Å². The molecule has 0 aromatic carbocycles. The summed E-state index contributed by atoms with van der Waals surface area (Å²) in [5.74, 6) is 0.318. The lowest BCUT2D eigenvalue weighted by atomic mass is 9.89. The molecule has 2 heterocycles. The van der Waals surface area contributed by atoms with Crippen LogP contribution in [0.3, 0.4) is 0 Å². The molecule has 0 radical (unpaired) electrons. The third kappa shape index (κ3) is 3.72. The van der Waals surface area contributed by atoms with Crippen LogP contribution >= 0.6 is 23.6 Å². The first-order valence-corrected chi connectivity index (χ1v) is 9.43. The summed E-state index contributed by atoms with van der Waals surface area (Å²) in [7, 11) is 0. The quantitative estimate of drug-likeness (QED) is 0.808. The van der Waals surface area contributed by atoms with Crippen molar-refractivity contribution in [3.05, 3.63) is 34.0 Å². The Balaban J connectivity index is 1.71. The number of hydrogen-bond acceptors (Lipinski definition) is 5. The third-order valence-electron chi connectivity index (χ3n) is 4.30. The molecule has 0 saturated heterocycles. The molecule has 0 aliphatic heterocycles. The van der Waals surface area contributed by atoms with Crippen molar-refractivity contribution >= 4 is 39.6 Å². The number of amides is 1. The van der Waals surface area contributed by atoms with Gasteiger partial charge in [-0.3, -0.25) is 14.8 Å². The largest absolute Gasteiger partial charge is 0.323 e. The minimum atomic E-state index is -0.314. The number of nitrogens with one attached hydrogen (secondary N) is 2. The number of aromatic nitrogens is 2. The Kier molecular flexibility index (Phi) is 5.16. The first-order chi connectivity index (χ1) is 12.0. The number of carbonyl (C=O) groups excluding carboxylic acids is 1. The lowest BCUT2D eigenvalue weighted by Crippen LogP contribution is -2.33. The fourth-order valence-electron chi connectivity index (χ4n) is 2.92. The Labute approximate surface area is 155 Å². The number of rotatable bonds is 3. The van der Waals surface area contributed by atoms with E-state index >= 15 is 0 Å². The number of thiophene rings is 1. The molecule has 2 N–H and O–H groups in total. The summed E-state index contributed by atoms with van der Waals surface area (Å²) in [6, 6.07) is 2.28. The molecule has 1 aliphatic rings. The summed E-state index contributed by atoms with van der Waals surface area (Å²) in [4.78, 5) is 13.5. The van der Waals surface area contributed by atoms with Crippen molar-refractivity contribution in [3.8, 4) is 6.07 Å². The number of nitrogens with zero attached hydrogens (tertiary/aromatic N) is 3. The van der Waals surface area contributed by atoms with Crippen LogP contribution in [0, 0.1) is 17.2 Å². The zero-order chi connectivity index (χ0) is 18.0. The van der Waals surface area contributed by atoms with Crippen LogP contribution in [0.5, 0.6) is 0 Å². The molecule has 2 aromatic rings. The predicted octanol–water partition coefficient (Wildman–Crippen LogP) is 3.09. The van der Waals surface area contributed by atoms with Crippen LogP contribution in [0.2, 0.25) is 0 Å². The maximum absolute atomic E-state index is 12.2. The normalized spacial score (nSPS) is 16.0. The Morgan fingerprint density at radius 1 is 1.60 bits per heavy atom. The summed E-state index contributed by atoms with van der Waals surface area (Å²) in [5.41, 5.74) is 2.24. The molecule has 1 amide bonds. The predicted molar refractivity (Wildman–Crippen MR) is 102 cm³/mol. The standard InChI is InChI=1S/C17H19N5OS2/c1-3-22-9-11(8-19-22)15(23)20-17(24)21-16-13(7-18)12-5-4-10(2)6-14(12)25-16/h8-10H,3-6H2,1-2H3,(H2,20,21,23,24)/t10-/m0/s1. The monoisotopic (exact) mass is 373 g/mol. The Morgan fingerprint density at radius 2 is 2.40 bits per heavy atom. The first kappa shape index (κ1) is 17.6. The third-order valence-corrected chi connectivity index (χ3v) is 5.67. The van der Waals surface area contributed by atoms with Crippen molar-refractivity contribution in [2.45, 2.75) is 39.7 Å². The Hall–Kier alpha value is -2.24. The number of aryl methyl sites for hydroxylation is 1. The van der Waals surface area contributed by atoms with Gasteiger partial charge in [0.05, 0.1) is 17.3 Å². The smallest absolute Gasteiger partial charge is 0.260 e. The average Bonchev–Trinajstić information content (AvgIpc) is 3.18. The van der Waals surface area contributed by atoms with Gasteiger partial charge in [0.1, 0.15) is 11.1 Å². The molecule has 130 valence electrons. The molecule has 3 rings (SSSR count). The second kappa shape index (κ2) is 7.33. The number of nitriles is 1. The highest BCUT2D eigenvalue weighted by atomic mass is 32.1. The van der Waals surface area contributed by atoms with Crippen LogP contribution in [0.1, 0.15) is 46.6 Å². The molecule has 25 heavy (non-hydrogen) atoms. The molecule has 0 fully saturated rings. The molecule has 0 spiro atoms. The highest BCUT2D eigenvalue weighted by Gasteiger charge is 2.24. The van der Waals surface area contributed by atoms with Crippen LogP contribution < -0.4 is 10.6 Å². The van der Waals surface area contributed by atoms with Crippen LogP contribution in [0.25, 0.3) is 0 Å². The molecule has 1 atom stereocenters. The Bertz CT molecular complexity index is 861. The zero-order valence-electron chi connectivity index (χ0n) is 14.1. The second-order valence-electron chi connectivity index (χ2n) is 6.16. The van der Waals surface area contributed by atoms with Gasteiger partial charge >= 0.3 is 0 Å². The van der Waals surface area contributed by atoms with Crippen LogP contribution in [0.4, 0.5) is 5.00 Å². The van der Waals surface area contributed by atoms with Gasteiger partial charge in [0.2, 0.25) is 0 Å². The molecule has 1 aliphatic carbocycles. The summed E-state index contributed by atoms with van der Waals surface area (Å²) in [6.07, 6.45) is 6.19. The lowest BCUT2D eigenvalue weighted by molar-refractivity contribution is 0.0977. The van der Waals surface area contributed by atoms with E-state index in [2.05, 4.69) is 28.7 Å². The van der Waals surface area contributed by atoms with Crippen LogP contribution in [-0.2, 0) is 19.4 Å². The highest BCUT2D eigenvalue weighted by molar-refractivity contribution is 7.80. The molecule has 0 unspecified atom stereocenters. The molecule has 6 nitrogen and oxygen atoms in total. The second-order valence-corrected chi connectivity index (χ2v) is 7.67. The van der Waals surface area contributed by atoms with Gasteiger partial charge in [-0.25, -0.2) is 0 Å². The van der Waals surface area contributed by atoms with Crippen molar-refractivity contribution in [1.82, 2.24) is 15.1 Å². The van der Waals surface area contributed by atoms with Gasteiger partial charge in [0, 0.05) is 17.6 Å². The number of hydrogen-bond donors (Lipinski definition) is 2. The number of carbonyl (C=O) groups is 1. The van der Waals surface area contributed by atoms with E-state index in [1.54, 1.807) is 22.2 Å². The minimum absolute atomic E-state index is 0.192. The van der Waals surface area contributed by atoms with Crippen molar-refractivity contribution in [1.29, 1.82) is 5.26 Å². The fourth-order valence-corrected chi connectivity index (χ4v) is 4.55. The average molecular weight is 374 g/mol. The topological polar surface area (TPSA) is 82.7 Å². The maximum atomic E-state index is 12.2. The molecule has 0 saturated carbocycles. The van der Waals surface area contributed by atoms with Crippen LogP contribution in [0.15, 0.2) is 12.4 Å². The van der Waals surface area contributed by atoms with E-state index in [9.17, 15) is 10.1 Å². The maximum Gasteiger partial charge on any atom is 0.260 e. The molecular formula is C17H19N5OS2. The van der Waals surface area contributed by atoms with Crippen molar-refractivity contribution in [2.75, 3.05) is 5.32 Å². The Morgan fingerprint density at radius 3 is 3.08 bits per heavy atom. The van der Waals surface area contributed by atoms with E-state index in [-0.39, 0.29) is 11.0 Å². The minimum Gasteiger partial charge on any atom is -0.323 e. The van der Waals surface area contributed by atoms with Gasteiger partial charge < -0.3 is 5.32 Å². The highest BCUT2D eigenvalue weighted by Crippen LogP contribution is 2.39. The first-order valence-electron chi connectivity index (χ1n) is 8.21. The zero-order valence-corrected chi connectivity index (χ0v) is 15.8. The lowest BCUT2D eigenvalue weighted by Gasteiger charge is -2.17. The summed E-state index contributed by atoms with van der Waals surface area (Å²) < 4.78 is 1.67. The van der Waals surface area contributed by atoms with Crippen molar-refractivity contribution < 1.29 is 4.79 Å². The number of thiocarbonyl (C=S) groups is 1. The van der Waals surface area contributed by atoms with Crippen molar-refractivity contribution in [3.63, 3.8) is 0 Å². The summed E-state index contributed by atoms with van der Waals surface area (Å²) in [5, 5.41) is 20.2. The molecule has 8 heteroatoms. The van der Waals surface area contributed by atoms with Gasteiger partial charge in [-0.15, -0.1) is 11.3 Å². The van der Waals surface area contributed by atoms with Gasteiger partial charge in [-0.05, 0) is 49.9 Å². The summed E-state index contributed by atoms with van der Waals surface area (Å²) >= 11 is 6.81. The molecule has 0 bridgehead atoms. The van der Waals surface area contributed by atoms with Gasteiger partial charge in [0.15, 0.2) is 5.11 Å². The van der Waals surface area contributed by atoms with E-state index in [0.717, 1.165) is 29.8 Å². The van der Waals surface area contributed by atoms with Gasteiger partial charge in [-0.1, -0.05) is 6.92 Å². The van der Waals surface area contributed by atoms with E-state index in [4.69, 9.17) is 12.2 Å². The van der Waals surface area contributed by atoms with Crippen LogP contribution in [-0.4, -0.2) is 20.8 Å². The van der Waals surface area contributed by atoms with E-state index in [0.29, 0.717) is 23.6 Å². The SMILES string of the molecule is CCn1cc(C(=O)NC(=S)Nc2sc3c(c2C#N)CC[C@H](C)C3)cn1. The fraction of sp³-hybridized carbons (Fsp3) is 0.412. The molecule has 2 aromatic heterocycles. The number of anilines is 1. The van der Waals surface area contributed by atoms with Gasteiger partial charge in [0.25, 0.3) is 5.91 Å².